The zero-order valence-electron chi connectivity index (χ0n) is 43.3. The number of aliphatic hydroxyl groups excluding tert-OH is 1. The van der Waals surface area contributed by atoms with Gasteiger partial charge in [-0.2, -0.15) is 0 Å². The van der Waals surface area contributed by atoms with Gasteiger partial charge >= 0.3 is 11.9 Å². The number of ketones is 3. The number of aliphatic carboxylic acids is 1. The molecule has 1 amide bonds. The second-order valence-corrected chi connectivity index (χ2v) is 20.7. The van der Waals surface area contributed by atoms with E-state index in [2.05, 4.69) is 0 Å². The highest BCUT2D eigenvalue weighted by molar-refractivity contribution is 6.38. The Bertz CT molecular complexity index is 1910. The van der Waals surface area contributed by atoms with Crippen LogP contribution < -0.4 is 0 Å². The molecule has 16 heteroatoms. The lowest BCUT2D eigenvalue weighted by Gasteiger charge is -2.42. The predicted octanol–water partition coefficient (Wildman–Crippen LogP) is 6.54. The second-order valence-electron chi connectivity index (χ2n) is 20.7. The Morgan fingerprint density at radius 1 is 0.900 bits per heavy atom. The van der Waals surface area contributed by atoms with E-state index < -0.39 is 83.6 Å². The number of hydrogen-bond donors (Lipinski definition) is 3. The van der Waals surface area contributed by atoms with E-state index in [0.29, 0.717) is 63.4 Å². The molecule has 4 aliphatic rings. The fourth-order valence-corrected chi connectivity index (χ4v) is 10.6. The Balaban J connectivity index is 1.64. The van der Waals surface area contributed by atoms with Crippen molar-refractivity contribution in [3.05, 3.63) is 47.6 Å². The molecule has 0 aromatic heterocycles. The van der Waals surface area contributed by atoms with Crippen molar-refractivity contribution < 1.29 is 72.5 Å². The van der Waals surface area contributed by atoms with Crippen LogP contribution in [0.1, 0.15) is 126 Å². The molecule has 4 rings (SSSR count). The summed E-state index contributed by atoms with van der Waals surface area (Å²) in [7, 11) is 4.55. The van der Waals surface area contributed by atoms with E-state index in [4.69, 9.17) is 33.5 Å². The van der Waals surface area contributed by atoms with Crippen LogP contribution in [0.15, 0.2) is 47.6 Å². The minimum Gasteiger partial charge on any atom is -0.481 e. The van der Waals surface area contributed by atoms with Crippen molar-refractivity contribution in [2.75, 3.05) is 41.0 Å². The molecule has 70 heavy (non-hydrogen) atoms. The Morgan fingerprint density at radius 2 is 1.63 bits per heavy atom. The Labute approximate surface area is 415 Å². The molecule has 3 aliphatic heterocycles. The van der Waals surface area contributed by atoms with Crippen LogP contribution >= 0.6 is 0 Å². The minimum atomic E-state index is -2.39. The first-order chi connectivity index (χ1) is 33.1. The molecule has 0 aromatic rings. The zero-order valence-corrected chi connectivity index (χ0v) is 43.3. The van der Waals surface area contributed by atoms with Gasteiger partial charge in [0.15, 0.2) is 11.6 Å². The van der Waals surface area contributed by atoms with Gasteiger partial charge < -0.3 is 48.6 Å². The number of aliphatic hydroxyl groups is 2. The van der Waals surface area contributed by atoms with Gasteiger partial charge in [0.05, 0.1) is 49.5 Å². The fourth-order valence-electron chi connectivity index (χ4n) is 10.6. The van der Waals surface area contributed by atoms with E-state index in [1.807, 2.05) is 58.1 Å². The first-order valence-electron chi connectivity index (χ1n) is 25.4. The molecule has 0 radical (unpaired) electrons. The van der Waals surface area contributed by atoms with Crippen LogP contribution in [0.2, 0.25) is 0 Å². The Hall–Kier alpha value is -3.90. The molecule has 16 nitrogen and oxygen atoms in total. The van der Waals surface area contributed by atoms with Crippen molar-refractivity contribution in [3.8, 4) is 0 Å². The van der Waals surface area contributed by atoms with Crippen LogP contribution in [-0.2, 0) is 57.2 Å². The van der Waals surface area contributed by atoms with Crippen molar-refractivity contribution in [3.63, 3.8) is 0 Å². The topological polar surface area (TPSA) is 222 Å². The summed E-state index contributed by atoms with van der Waals surface area (Å²) in [6.45, 7) is 12.8. The summed E-state index contributed by atoms with van der Waals surface area (Å²) in [5, 5.41) is 32.5. The summed E-state index contributed by atoms with van der Waals surface area (Å²) in [5.41, 5.74) is 1.20. The van der Waals surface area contributed by atoms with Crippen LogP contribution in [0.5, 0.6) is 0 Å². The third-order valence-electron chi connectivity index (χ3n) is 15.1. The largest absolute Gasteiger partial charge is 0.481 e. The number of Topliss-reactive ketones (excluding diaryl/α,β-unsaturated/α-hetero) is 3. The summed E-state index contributed by atoms with van der Waals surface area (Å²) in [5.74, 6) is -9.39. The average molecular weight is 986 g/mol. The molecule has 0 spiro atoms. The summed E-state index contributed by atoms with van der Waals surface area (Å²) < 4.78 is 35.5. The summed E-state index contributed by atoms with van der Waals surface area (Å²) in [6.07, 6.45) is 11.1. The molecular weight excluding hydrogens is 903 g/mol. The van der Waals surface area contributed by atoms with Gasteiger partial charge in [0.25, 0.3) is 11.7 Å². The lowest BCUT2D eigenvalue weighted by atomic mass is 9.78. The van der Waals surface area contributed by atoms with Crippen molar-refractivity contribution in [2.24, 2.45) is 41.4 Å². The summed E-state index contributed by atoms with van der Waals surface area (Å²) >= 11 is 0. The standard InChI is InChI=1S/C54H83NO15/c1-32-15-12-11-13-16-33(2)44(65-8)29-41-20-18-38(7)54(64,70-41)51(61)52(62)55-23-14-17-40(31-55)53(63)69-45(35(4)27-39-19-21-43(46(28-39)66-9)68-24-22-47(57)58)30-42(56)34(3)26-37(6)49(60)50(67-10)48(59)36(5)25-32/h11-13,15-16,26,32,35-41,43-46,49-50,60,64H,14,17-25,27-31H2,1-10H3,(H,57,58)/b13-11?,15-12?,33-16?,34-26-/t32-,35-,36-,37?,38-,39+,40?,41+,43?,44+,45+,46-,49-,50+,54-/m1/s1. The number of methoxy groups -OCH3 is 3. The molecule has 3 fully saturated rings. The fraction of sp³-hybridized carbons (Fsp3) is 0.741. The summed E-state index contributed by atoms with van der Waals surface area (Å²) in [4.78, 5) is 82.6. The number of fused-ring (bicyclic) bond motifs is 4. The van der Waals surface area contributed by atoms with E-state index in [9.17, 15) is 39.0 Å². The highest BCUT2D eigenvalue weighted by atomic mass is 16.6. The number of rotatable bonds is 10. The first-order valence-corrected chi connectivity index (χ1v) is 25.4. The molecule has 0 aromatic carbocycles. The Morgan fingerprint density at radius 3 is 2.30 bits per heavy atom. The maximum Gasteiger partial charge on any atom is 0.311 e. The highest BCUT2D eigenvalue weighted by Crippen LogP contribution is 2.38. The predicted molar refractivity (Wildman–Crippen MR) is 261 cm³/mol. The number of carbonyl (C=O) groups is 6. The quantitative estimate of drug-likeness (QED) is 0.156. The van der Waals surface area contributed by atoms with Crippen molar-refractivity contribution in [1.29, 1.82) is 0 Å². The normalized spacial score (nSPS) is 36.7. The number of hydrogen-bond acceptors (Lipinski definition) is 14. The van der Waals surface area contributed by atoms with Crippen molar-refractivity contribution in [1.82, 2.24) is 4.90 Å². The van der Waals surface area contributed by atoms with Crippen molar-refractivity contribution in [2.45, 2.75) is 174 Å². The number of cyclic esters (lactones) is 1. The van der Waals surface area contributed by atoms with E-state index in [1.165, 1.54) is 12.0 Å². The third kappa shape index (κ3) is 16.3. The van der Waals surface area contributed by atoms with Gasteiger partial charge in [0.1, 0.15) is 12.2 Å². The van der Waals surface area contributed by atoms with Gasteiger partial charge in [-0.15, -0.1) is 0 Å². The van der Waals surface area contributed by atoms with Crippen LogP contribution in [-0.4, -0.2) is 145 Å². The summed E-state index contributed by atoms with van der Waals surface area (Å²) in [6, 6.07) is 0. The maximum absolute atomic E-state index is 14.2. The lowest BCUT2D eigenvalue weighted by molar-refractivity contribution is -0.265. The van der Waals surface area contributed by atoms with Gasteiger partial charge in [-0.1, -0.05) is 71.1 Å². The molecule has 3 unspecified atom stereocenters. The molecule has 4 bridgehead atoms. The van der Waals surface area contributed by atoms with Gasteiger partial charge in [-0.05, 0) is 101 Å². The number of ether oxygens (including phenoxy) is 6. The second kappa shape index (κ2) is 27.8. The SMILES string of the molecule is CO[C@H]1C[C@@H]2CC[C@@H](C)[C@@](O)(O2)C(=O)C(=O)N2CCCC(C2)C(=O)O[C@H]([C@H](C)C[C@@H]2CCC(OCCC(=O)O)[C@H](OC)C2)CC(=O)/C(C)=C\C(C)[C@@H](O)[C@@H](OC)C(=O)[C@H](C)C[C@H](C)C=CC=CC=C1C. The average Bonchev–Trinajstić information content (AvgIpc) is 3.33. The van der Waals surface area contributed by atoms with Gasteiger partial charge in [0.2, 0.25) is 5.79 Å². The van der Waals surface area contributed by atoms with Crippen LogP contribution in [0, 0.1) is 41.4 Å². The van der Waals surface area contributed by atoms with Gasteiger partial charge in [0, 0.05) is 65.0 Å². The van der Waals surface area contributed by atoms with E-state index in [-0.39, 0.29) is 74.1 Å². The smallest absolute Gasteiger partial charge is 0.311 e. The number of carboxylic acid groups (broad SMARTS) is 1. The van der Waals surface area contributed by atoms with Gasteiger partial charge in [-0.3, -0.25) is 28.8 Å². The molecule has 2 saturated heterocycles. The monoisotopic (exact) mass is 986 g/mol. The maximum atomic E-state index is 14.2. The van der Waals surface area contributed by atoms with Crippen LogP contribution in [0.25, 0.3) is 0 Å². The number of piperidine rings is 1. The van der Waals surface area contributed by atoms with Crippen LogP contribution in [0.4, 0.5) is 0 Å². The minimum absolute atomic E-state index is 0.00783. The number of nitrogens with zero attached hydrogens (tertiary/aromatic N) is 1. The number of esters is 1. The van der Waals surface area contributed by atoms with Crippen LogP contribution in [0.3, 0.4) is 0 Å². The molecule has 1 aliphatic carbocycles. The van der Waals surface area contributed by atoms with E-state index in [0.717, 1.165) is 12.0 Å². The number of amides is 1. The first kappa shape index (κ1) is 58.7. The van der Waals surface area contributed by atoms with E-state index in [1.54, 1.807) is 41.1 Å². The molecule has 394 valence electrons. The molecule has 3 heterocycles. The van der Waals surface area contributed by atoms with Gasteiger partial charge in [-0.25, -0.2) is 0 Å². The Kier molecular flexibility index (Phi) is 23.3. The highest BCUT2D eigenvalue weighted by Gasteiger charge is 2.52. The number of carboxylic acids is 1. The molecule has 3 N–H and O–H groups in total. The molecule has 15 atom stereocenters. The lowest BCUT2D eigenvalue weighted by Crippen LogP contribution is -2.59. The van der Waals surface area contributed by atoms with E-state index >= 15 is 0 Å². The van der Waals surface area contributed by atoms with Crippen molar-refractivity contribution >= 4 is 35.2 Å². The molecule has 1 saturated carbocycles. The number of allylic oxidation sites excluding steroid dienone is 6. The third-order valence-corrected chi connectivity index (χ3v) is 15.1. The molecular formula is C54H83NO15. The zero-order chi connectivity index (χ0) is 51.9. The number of carbonyl (C=O) groups excluding carboxylic acids is 5.